The van der Waals surface area contributed by atoms with Crippen molar-refractivity contribution in [1.82, 2.24) is 10.3 Å². The average Bonchev–Trinajstić information content (AvgIpc) is 3.24. The molecule has 1 unspecified atom stereocenters. The van der Waals surface area contributed by atoms with Crippen LogP contribution >= 0.6 is 0 Å². The van der Waals surface area contributed by atoms with Crippen molar-refractivity contribution >= 4 is 11.7 Å². The third-order valence-corrected chi connectivity index (χ3v) is 5.09. The van der Waals surface area contributed by atoms with Gasteiger partial charge >= 0.3 is 6.18 Å². The summed E-state index contributed by atoms with van der Waals surface area (Å²) in [6.07, 6.45) is -2.96. The minimum absolute atomic E-state index is 0.181. The Morgan fingerprint density at radius 1 is 1.09 bits per heavy atom. The lowest BCUT2D eigenvalue weighted by Crippen LogP contribution is -2.37. The van der Waals surface area contributed by atoms with Gasteiger partial charge < -0.3 is 24.4 Å². The number of benzene rings is 1. The summed E-state index contributed by atoms with van der Waals surface area (Å²) < 4.78 is 55.3. The lowest BCUT2D eigenvalue weighted by Gasteiger charge is -2.19. The average molecular weight is 467 g/mol. The fourth-order valence-corrected chi connectivity index (χ4v) is 3.62. The van der Waals surface area contributed by atoms with E-state index in [1.54, 1.807) is 12.1 Å². The predicted molar refractivity (Wildman–Crippen MR) is 117 cm³/mol. The summed E-state index contributed by atoms with van der Waals surface area (Å²) in [7, 11) is 0. The summed E-state index contributed by atoms with van der Waals surface area (Å²) in [5.41, 5.74) is -0.419. The number of alkyl halides is 3. The van der Waals surface area contributed by atoms with Crippen LogP contribution in [0.5, 0.6) is 17.2 Å². The number of carbonyl (C=O) groups excluding carboxylic acids is 1. The fourth-order valence-electron chi connectivity index (χ4n) is 3.62. The first kappa shape index (κ1) is 24.5. The van der Waals surface area contributed by atoms with Crippen molar-refractivity contribution in [2.75, 3.05) is 37.8 Å². The molecule has 0 bridgehead atoms. The van der Waals surface area contributed by atoms with Crippen LogP contribution < -0.4 is 24.4 Å². The van der Waals surface area contributed by atoms with Gasteiger partial charge in [-0.15, -0.1) is 0 Å². The summed E-state index contributed by atoms with van der Waals surface area (Å²) in [5.74, 6) is 1.46. The molecule has 1 aliphatic heterocycles. The van der Waals surface area contributed by atoms with Crippen LogP contribution in [0.1, 0.15) is 43.1 Å². The molecule has 1 atom stereocenters. The molecule has 0 spiro atoms. The molecule has 180 valence electrons. The third kappa shape index (κ3) is 6.00. The Balaban J connectivity index is 1.71. The second-order valence-corrected chi connectivity index (χ2v) is 7.41. The summed E-state index contributed by atoms with van der Waals surface area (Å²) in [5, 5.41) is 2.98. The topological polar surface area (TPSA) is 72.9 Å². The van der Waals surface area contributed by atoms with E-state index in [1.807, 2.05) is 25.7 Å². The van der Waals surface area contributed by atoms with Gasteiger partial charge in [0.25, 0.3) is 5.91 Å². The zero-order chi connectivity index (χ0) is 24.0. The highest BCUT2D eigenvalue weighted by atomic mass is 19.4. The van der Waals surface area contributed by atoms with Crippen LogP contribution in [0, 0.1) is 0 Å². The van der Waals surface area contributed by atoms with E-state index < -0.39 is 11.7 Å². The number of halogens is 3. The van der Waals surface area contributed by atoms with Crippen molar-refractivity contribution in [2.24, 2.45) is 0 Å². The van der Waals surface area contributed by atoms with Crippen molar-refractivity contribution in [3.8, 4) is 17.2 Å². The maximum Gasteiger partial charge on any atom is 0.417 e. The van der Waals surface area contributed by atoms with Crippen LogP contribution in [0.3, 0.4) is 0 Å². The number of hydrogen-bond acceptors (Lipinski definition) is 6. The van der Waals surface area contributed by atoms with Crippen molar-refractivity contribution < 1.29 is 32.2 Å². The van der Waals surface area contributed by atoms with Gasteiger partial charge in [-0.1, -0.05) is 0 Å². The van der Waals surface area contributed by atoms with Crippen molar-refractivity contribution in [3.05, 3.63) is 41.6 Å². The van der Waals surface area contributed by atoms with Crippen molar-refractivity contribution in [1.29, 1.82) is 0 Å². The summed E-state index contributed by atoms with van der Waals surface area (Å²) >= 11 is 0. The number of ether oxygens (including phenoxy) is 3. The van der Waals surface area contributed by atoms with Gasteiger partial charge in [0.2, 0.25) is 5.75 Å². The van der Waals surface area contributed by atoms with E-state index in [-0.39, 0.29) is 11.9 Å². The number of nitrogens with zero attached hydrogens (tertiary/aromatic N) is 2. The monoisotopic (exact) mass is 467 g/mol. The fraction of sp³-hybridized carbons (Fsp3) is 0.478. The maximum absolute atomic E-state index is 13.0. The third-order valence-electron chi connectivity index (χ3n) is 5.09. The van der Waals surface area contributed by atoms with E-state index in [2.05, 4.69) is 10.3 Å². The standard InChI is InChI=1S/C23H28F3N3O4/c1-4-31-18-11-15(12-19(32-5-2)21(18)33-6-3)22(30)28-17-9-10-29(14-17)20-8-7-16(13-27-20)23(24,25)26/h7-8,11-13,17H,4-6,9-10,14H2,1-3H3,(H,28,30). The first-order chi connectivity index (χ1) is 15.8. The lowest BCUT2D eigenvalue weighted by atomic mass is 10.1. The van der Waals surface area contributed by atoms with E-state index in [4.69, 9.17) is 14.2 Å². The van der Waals surface area contributed by atoms with Crippen molar-refractivity contribution in [3.63, 3.8) is 0 Å². The number of aromatic nitrogens is 1. The molecule has 33 heavy (non-hydrogen) atoms. The molecule has 1 aromatic carbocycles. The molecule has 0 radical (unpaired) electrons. The molecule has 2 aromatic rings. The molecule has 1 N–H and O–H groups in total. The molecule has 1 fully saturated rings. The summed E-state index contributed by atoms with van der Waals surface area (Å²) in [6, 6.07) is 5.42. The van der Waals surface area contributed by atoms with Crippen LogP contribution in [0.4, 0.5) is 19.0 Å². The van der Waals surface area contributed by atoms with Gasteiger partial charge in [-0.25, -0.2) is 4.98 Å². The SMILES string of the molecule is CCOc1cc(C(=O)NC2CCN(c3ccc(C(F)(F)F)cn3)C2)cc(OCC)c1OCC. The van der Waals surface area contributed by atoms with Crippen LogP contribution in [0.15, 0.2) is 30.5 Å². The van der Waals surface area contributed by atoms with Gasteiger partial charge in [0, 0.05) is 30.9 Å². The number of anilines is 1. The van der Waals surface area contributed by atoms with Gasteiger partial charge in [0.05, 0.1) is 25.4 Å². The Hall–Kier alpha value is -3.17. The zero-order valence-electron chi connectivity index (χ0n) is 18.9. The molecule has 1 aromatic heterocycles. The largest absolute Gasteiger partial charge is 0.490 e. The number of hydrogen-bond donors (Lipinski definition) is 1. The smallest absolute Gasteiger partial charge is 0.417 e. The van der Waals surface area contributed by atoms with Gasteiger partial charge in [-0.05, 0) is 51.5 Å². The Labute approximate surface area is 190 Å². The molecule has 2 heterocycles. The van der Waals surface area contributed by atoms with Crippen LogP contribution in [0.25, 0.3) is 0 Å². The van der Waals surface area contributed by atoms with E-state index in [0.717, 1.165) is 12.3 Å². The normalized spacial score (nSPS) is 15.9. The molecule has 10 heteroatoms. The van der Waals surface area contributed by atoms with E-state index in [1.165, 1.54) is 6.07 Å². The minimum atomic E-state index is -4.43. The van der Waals surface area contributed by atoms with Crippen LogP contribution in [0.2, 0.25) is 0 Å². The number of carbonyl (C=O) groups is 1. The number of pyridine rings is 1. The van der Waals surface area contributed by atoms with Crippen LogP contribution in [-0.2, 0) is 6.18 Å². The highest BCUT2D eigenvalue weighted by Crippen LogP contribution is 2.39. The van der Waals surface area contributed by atoms with Gasteiger partial charge in [0.15, 0.2) is 11.5 Å². The molecular formula is C23H28F3N3O4. The highest BCUT2D eigenvalue weighted by molar-refractivity contribution is 5.96. The minimum Gasteiger partial charge on any atom is -0.490 e. The highest BCUT2D eigenvalue weighted by Gasteiger charge is 2.32. The molecule has 0 aliphatic carbocycles. The lowest BCUT2D eigenvalue weighted by molar-refractivity contribution is -0.137. The number of amides is 1. The molecule has 1 amide bonds. The Kier molecular flexibility index (Phi) is 7.88. The molecule has 3 rings (SSSR count). The Morgan fingerprint density at radius 3 is 2.24 bits per heavy atom. The quantitative estimate of drug-likeness (QED) is 0.593. The molecule has 1 saturated heterocycles. The first-order valence-corrected chi connectivity index (χ1v) is 10.9. The van der Waals surface area contributed by atoms with Crippen LogP contribution in [-0.4, -0.2) is 49.8 Å². The van der Waals surface area contributed by atoms with E-state index in [0.29, 0.717) is 68.0 Å². The van der Waals surface area contributed by atoms with E-state index >= 15 is 0 Å². The Bertz CT molecular complexity index is 924. The maximum atomic E-state index is 13.0. The summed E-state index contributed by atoms with van der Waals surface area (Å²) in [6.45, 7) is 7.75. The van der Waals surface area contributed by atoms with Crippen molar-refractivity contribution in [2.45, 2.75) is 39.4 Å². The zero-order valence-corrected chi connectivity index (χ0v) is 18.9. The van der Waals surface area contributed by atoms with E-state index in [9.17, 15) is 18.0 Å². The summed E-state index contributed by atoms with van der Waals surface area (Å²) in [4.78, 5) is 18.7. The number of rotatable bonds is 9. The molecule has 1 aliphatic rings. The predicted octanol–water partition coefficient (Wildman–Crippen LogP) is 4.31. The molecule has 0 saturated carbocycles. The first-order valence-electron chi connectivity index (χ1n) is 10.9. The molecule has 7 nitrogen and oxygen atoms in total. The van der Waals surface area contributed by atoms with Gasteiger partial charge in [-0.2, -0.15) is 13.2 Å². The Morgan fingerprint density at radius 2 is 1.73 bits per heavy atom. The van der Waals surface area contributed by atoms with Gasteiger partial charge in [0.1, 0.15) is 5.82 Å². The van der Waals surface area contributed by atoms with Gasteiger partial charge in [-0.3, -0.25) is 4.79 Å². The second-order valence-electron chi connectivity index (χ2n) is 7.41. The second kappa shape index (κ2) is 10.6. The number of nitrogens with one attached hydrogen (secondary N) is 1. The molecular weight excluding hydrogens is 439 g/mol.